The van der Waals surface area contributed by atoms with Gasteiger partial charge >= 0.3 is 0 Å². The van der Waals surface area contributed by atoms with Crippen LogP contribution in [0.4, 0.5) is 0 Å². The van der Waals surface area contributed by atoms with Crippen molar-refractivity contribution in [3.05, 3.63) is 0 Å². The molecule has 5 nitrogen and oxygen atoms in total. The highest BCUT2D eigenvalue weighted by atomic mass is 32.2. The summed E-state index contributed by atoms with van der Waals surface area (Å²) in [6.45, 7) is 6.58. The normalized spacial score (nSPS) is 16.7. The van der Waals surface area contributed by atoms with Crippen LogP contribution < -0.4 is 10.5 Å². The van der Waals surface area contributed by atoms with Gasteiger partial charge in [0, 0.05) is 25.7 Å². The summed E-state index contributed by atoms with van der Waals surface area (Å²) >= 11 is 0. The van der Waals surface area contributed by atoms with E-state index in [0.29, 0.717) is 19.5 Å². The highest BCUT2D eigenvalue weighted by Crippen LogP contribution is 2.21. The van der Waals surface area contributed by atoms with Crippen molar-refractivity contribution in [2.45, 2.75) is 39.2 Å². The second-order valence-electron chi connectivity index (χ2n) is 3.84. The molecule has 0 spiro atoms. The van der Waals surface area contributed by atoms with Gasteiger partial charge in [0.25, 0.3) is 10.2 Å². The number of nitrogens with zero attached hydrogens (tertiary/aromatic N) is 1. The summed E-state index contributed by atoms with van der Waals surface area (Å²) in [6.07, 6.45) is 1.47. The molecule has 0 bridgehead atoms. The molecule has 0 fully saturated rings. The predicted octanol–water partition coefficient (Wildman–Crippen LogP) is 0.290. The lowest BCUT2D eigenvalue weighted by Gasteiger charge is -2.38. The minimum absolute atomic E-state index is 0.324. The molecule has 3 N–H and O–H groups in total. The van der Waals surface area contributed by atoms with Gasteiger partial charge in [-0.1, -0.05) is 13.8 Å². The van der Waals surface area contributed by atoms with Crippen LogP contribution in [0.1, 0.15) is 33.6 Å². The first kappa shape index (κ1) is 14.8. The van der Waals surface area contributed by atoms with Crippen LogP contribution >= 0.6 is 0 Å². The fourth-order valence-electron chi connectivity index (χ4n) is 1.42. The zero-order chi connectivity index (χ0) is 12.1. The first-order valence-electron chi connectivity index (χ1n) is 5.29. The van der Waals surface area contributed by atoms with Crippen LogP contribution in [0.15, 0.2) is 0 Å². The number of hydrogen-bond donors (Lipinski definition) is 2. The maximum absolute atomic E-state index is 11.8. The van der Waals surface area contributed by atoms with Gasteiger partial charge in [-0.15, -0.1) is 0 Å². The highest BCUT2D eigenvalue weighted by Gasteiger charge is 2.36. The standard InChI is InChI=1S/C9H23N3O2S/c1-5-7-12(15(13,14)11-4)9(3,6-2)8-10/h11H,5-8,10H2,1-4H3. The SMILES string of the molecule is CCCN(C(C)(CC)CN)S(=O)(=O)NC. The highest BCUT2D eigenvalue weighted by molar-refractivity contribution is 7.87. The first-order chi connectivity index (χ1) is 6.87. The van der Waals surface area contributed by atoms with E-state index >= 15 is 0 Å². The molecule has 0 aliphatic carbocycles. The van der Waals surface area contributed by atoms with Crippen LogP contribution in [0.2, 0.25) is 0 Å². The van der Waals surface area contributed by atoms with Gasteiger partial charge in [-0.3, -0.25) is 0 Å². The van der Waals surface area contributed by atoms with Crippen molar-refractivity contribution >= 4 is 10.2 Å². The lowest BCUT2D eigenvalue weighted by Crippen LogP contribution is -2.56. The molecular weight excluding hydrogens is 214 g/mol. The Morgan fingerprint density at radius 2 is 1.93 bits per heavy atom. The van der Waals surface area contributed by atoms with Crippen LogP contribution in [0.3, 0.4) is 0 Å². The number of hydrogen-bond acceptors (Lipinski definition) is 3. The second kappa shape index (κ2) is 5.79. The molecule has 0 heterocycles. The lowest BCUT2D eigenvalue weighted by molar-refractivity contribution is 0.204. The minimum Gasteiger partial charge on any atom is -0.329 e. The van der Waals surface area contributed by atoms with Gasteiger partial charge in [0.15, 0.2) is 0 Å². The molecule has 6 heteroatoms. The van der Waals surface area contributed by atoms with Crippen molar-refractivity contribution in [2.24, 2.45) is 5.73 Å². The van der Waals surface area contributed by atoms with E-state index in [1.165, 1.54) is 11.4 Å². The van der Waals surface area contributed by atoms with E-state index in [1.807, 2.05) is 20.8 Å². The van der Waals surface area contributed by atoms with Crippen molar-refractivity contribution < 1.29 is 8.42 Å². The molecular formula is C9H23N3O2S. The zero-order valence-corrected chi connectivity index (χ0v) is 10.9. The third-order valence-corrected chi connectivity index (χ3v) is 4.50. The fourth-order valence-corrected chi connectivity index (χ4v) is 2.84. The molecule has 0 rings (SSSR count). The second-order valence-corrected chi connectivity index (χ2v) is 5.64. The van der Waals surface area contributed by atoms with Crippen molar-refractivity contribution in [2.75, 3.05) is 20.1 Å². The predicted molar refractivity (Wildman–Crippen MR) is 62.7 cm³/mol. The summed E-state index contributed by atoms with van der Waals surface area (Å²) in [7, 11) is -1.98. The largest absolute Gasteiger partial charge is 0.329 e. The summed E-state index contributed by atoms with van der Waals surface area (Å²) in [4.78, 5) is 0. The van der Waals surface area contributed by atoms with Gasteiger partial charge in [-0.25, -0.2) is 4.72 Å². The van der Waals surface area contributed by atoms with Crippen molar-refractivity contribution in [3.63, 3.8) is 0 Å². The Morgan fingerprint density at radius 1 is 1.40 bits per heavy atom. The molecule has 1 unspecified atom stereocenters. The van der Waals surface area contributed by atoms with Crippen LogP contribution in [-0.2, 0) is 10.2 Å². The van der Waals surface area contributed by atoms with Crippen molar-refractivity contribution in [1.82, 2.24) is 9.03 Å². The third kappa shape index (κ3) is 3.41. The Labute approximate surface area is 93.2 Å². The Balaban J connectivity index is 5.12. The minimum atomic E-state index is -3.40. The topological polar surface area (TPSA) is 75.4 Å². The average Bonchev–Trinajstić information content (AvgIpc) is 2.24. The summed E-state index contributed by atoms with van der Waals surface area (Å²) in [5.41, 5.74) is 5.16. The number of nitrogens with two attached hydrogens (primary N) is 1. The molecule has 0 aliphatic heterocycles. The zero-order valence-electron chi connectivity index (χ0n) is 10.1. The van der Waals surface area contributed by atoms with Gasteiger partial charge in [0.2, 0.25) is 0 Å². The first-order valence-corrected chi connectivity index (χ1v) is 6.73. The van der Waals surface area contributed by atoms with E-state index in [2.05, 4.69) is 4.72 Å². The Morgan fingerprint density at radius 3 is 2.20 bits per heavy atom. The number of nitrogens with one attached hydrogen (secondary N) is 1. The maximum Gasteiger partial charge on any atom is 0.279 e. The van der Waals surface area contributed by atoms with E-state index in [1.54, 1.807) is 0 Å². The molecule has 15 heavy (non-hydrogen) atoms. The molecule has 0 aromatic rings. The summed E-state index contributed by atoms with van der Waals surface area (Å²) in [5, 5.41) is 0. The Hall–Kier alpha value is -0.170. The molecule has 0 saturated carbocycles. The summed E-state index contributed by atoms with van der Waals surface area (Å²) in [6, 6.07) is 0. The molecule has 92 valence electrons. The Bertz CT molecular complexity index is 273. The van der Waals surface area contributed by atoms with E-state index < -0.39 is 15.7 Å². The molecule has 0 radical (unpaired) electrons. The van der Waals surface area contributed by atoms with Gasteiger partial charge in [0.05, 0.1) is 0 Å². The van der Waals surface area contributed by atoms with Crippen LogP contribution in [-0.4, -0.2) is 38.4 Å². The smallest absolute Gasteiger partial charge is 0.279 e. The van der Waals surface area contributed by atoms with E-state index in [9.17, 15) is 8.42 Å². The van der Waals surface area contributed by atoms with Gasteiger partial charge in [0.1, 0.15) is 0 Å². The van der Waals surface area contributed by atoms with E-state index in [0.717, 1.165) is 6.42 Å². The van der Waals surface area contributed by atoms with Gasteiger partial charge in [-0.2, -0.15) is 12.7 Å². The fraction of sp³-hybridized carbons (Fsp3) is 1.00. The molecule has 0 aliphatic rings. The molecule has 0 aromatic carbocycles. The average molecular weight is 237 g/mol. The quantitative estimate of drug-likeness (QED) is 0.668. The maximum atomic E-state index is 11.8. The molecule has 1 atom stereocenters. The lowest BCUT2D eigenvalue weighted by atomic mass is 9.99. The summed E-state index contributed by atoms with van der Waals surface area (Å²) in [5.74, 6) is 0. The van der Waals surface area contributed by atoms with Gasteiger partial charge < -0.3 is 5.73 Å². The third-order valence-electron chi connectivity index (χ3n) is 2.78. The monoisotopic (exact) mass is 237 g/mol. The van der Waals surface area contributed by atoms with Crippen molar-refractivity contribution in [3.8, 4) is 0 Å². The number of rotatable bonds is 7. The van der Waals surface area contributed by atoms with E-state index in [4.69, 9.17) is 5.73 Å². The van der Waals surface area contributed by atoms with Crippen LogP contribution in [0, 0.1) is 0 Å². The van der Waals surface area contributed by atoms with Crippen molar-refractivity contribution in [1.29, 1.82) is 0 Å². The van der Waals surface area contributed by atoms with Crippen LogP contribution in [0.5, 0.6) is 0 Å². The van der Waals surface area contributed by atoms with Crippen LogP contribution in [0.25, 0.3) is 0 Å². The molecule has 0 amide bonds. The molecule has 0 aromatic heterocycles. The van der Waals surface area contributed by atoms with E-state index in [-0.39, 0.29) is 0 Å². The Kier molecular flexibility index (Phi) is 5.72. The van der Waals surface area contributed by atoms with Gasteiger partial charge in [-0.05, 0) is 19.8 Å². The molecule has 0 saturated heterocycles. The summed E-state index contributed by atoms with van der Waals surface area (Å²) < 4.78 is 27.4.